The molecule has 116 valence electrons. The zero-order valence-electron chi connectivity index (χ0n) is 11.9. The van der Waals surface area contributed by atoms with E-state index in [1.807, 2.05) is 6.07 Å². The molecule has 2 rings (SSSR count). The fourth-order valence-corrected chi connectivity index (χ4v) is 2.69. The van der Waals surface area contributed by atoms with Crippen molar-refractivity contribution in [3.63, 3.8) is 0 Å². The van der Waals surface area contributed by atoms with Crippen LogP contribution in [0.1, 0.15) is 17.2 Å². The number of halogens is 3. The number of hydrogen-bond acceptors (Lipinski definition) is 2. The lowest BCUT2D eigenvalue weighted by Crippen LogP contribution is -2.35. The van der Waals surface area contributed by atoms with E-state index in [0.29, 0.717) is 22.2 Å². The van der Waals surface area contributed by atoms with E-state index in [4.69, 9.17) is 28.9 Å². The van der Waals surface area contributed by atoms with Gasteiger partial charge in [0.05, 0.1) is 10.0 Å². The van der Waals surface area contributed by atoms with Gasteiger partial charge in [-0.05, 0) is 36.4 Å². The van der Waals surface area contributed by atoms with Crippen LogP contribution in [0.5, 0.6) is 0 Å². The molecule has 3 nitrogen and oxygen atoms in total. The quantitative estimate of drug-likeness (QED) is 0.899. The smallest absolute Gasteiger partial charge is 0.239 e. The van der Waals surface area contributed by atoms with Crippen molar-refractivity contribution in [1.29, 1.82) is 0 Å². The maximum absolute atomic E-state index is 13.0. The summed E-state index contributed by atoms with van der Waals surface area (Å²) in [7, 11) is 1.75. The molecule has 0 heterocycles. The maximum Gasteiger partial charge on any atom is 0.239 e. The Morgan fingerprint density at radius 1 is 1.23 bits per heavy atom. The first-order chi connectivity index (χ1) is 10.4. The number of nitrogens with zero attached hydrogens (tertiary/aromatic N) is 1. The number of primary amides is 1. The largest absolute Gasteiger partial charge is 0.368 e. The molecule has 2 aromatic carbocycles. The van der Waals surface area contributed by atoms with E-state index in [1.165, 1.54) is 12.1 Å². The molecular formula is C16H15Cl2FN2O. The lowest BCUT2D eigenvalue weighted by atomic mass is 10.0. The van der Waals surface area contributed by atoms with E-state index in [2.05, 4.69) is 0 Å². The number of amides is 1. The fraction of sp³-hybridized carbons (Fsp3) is 0.188. The normalized spacial score (nSPS) is 12.4. The van der Waals surface area contributed by atoms with Crippen molar-refractivity contribution < 1.29 is 9.18 Å². The number of likely N-dealkylation sites (N-methyl/N-ethyl adjacent to an activating group) is 1. The van der Waals surface area contributed by atoms with Gasteiger partial charge in [0.15, 0.2) is 0 Å². The van der Waals surface area contributed by atoms with Crippen LogP contribution in [0.25, 0.3) is 0 Å². The number of nitrogens with two attached hydrogens (primary N) is 1. The first-order valence-electron chi connectivity index (χ1n) is 6.58. The van der Waals surface area contributed by atoms with Gasteiger partial charge in [0.2, 0.25) is 5.91 Å². The highest BCUT2D eigenvalue weighted by molar-refractivity contribution is 6.42. The van der Waals surface area contributed by atoms with Crippen LogP contribution in [0, 0.1) is 5.82 Å². The highest BCUT2D eigenvalue weighted by atomic mass is 35.5. The summed E-state index contributed by atoms with van der Waals surface area (Å²) in [5, 5.41) is 0.892. The Labute approximate surface area is 138 Å². The van der Waals surface area contributed by atoms with Crippen molar-refractivity contribution >= 4 is 29.1 Å². The van der Waals surface area contributed by atoms with Crippen LogP contribution >= 0.6 is 23.2 Å². The zero-order valence-corrected chi connectivity index (χ0v) is 13.4. The Morgan fingerprint density at radius 2 is 1.86 bits per heavy atom. The fourth-order valence-electron chi connectivity index (χ4n) is 2.31. The number of rotatable bonds is 5. The van der Waals surface area contributed by atoms with Gasteiger partial charge in [-0.1, -0.05) is 47.5 Å². The Bertz CT molecular complexity index is 676. The summed E-state index contributed by atoms with van der Waals surface area (Å²) in [6.45, 7) is 0.379. The molecule has 1 atom stereocenters. The van der Waals surface area contributed by atoms with Crippen molar-refractivity contribution in [1.82, 2.24) is 4.90 Å². The first-order valence-corrected chi connectivity index (χ1v) is 7.33. The van der Waals surface area contributed by atoms with E-state index < -0.39 is 11.9 Å². The number of benzene rings is 2. The van der Waals surface area contributed by atoms with Crippen LogP contribution in [-0.4, -0.2) is 17.9 Å². The maximum atomic E-state index is 13.0. The standard InChI is InChI=1S/C16H15Cl2FN2O/c1-21(9-11-3-2-4-13(17)14(11)18)15(16(20)22)10-5-7-12(19)8-6-10/h2-8,15H,9H2,1H3,(H2,20,22). The van der Waals surface area contributed by atoms with Crippen molar-refractivity contribution in [2.45, 2.75) is 12.6 Å². The van der Waals surface area contributed by atoms with Crippen LogP contribution in [0.4, 0.5) is 4.39 Å². The molecule has 0 radical (unpaired) electrons. The summed E-state index contributed by atoms with van der Waals surface area (Å²) >= 11 is 12.2. The highest BCUT2D eigenvalue weighted by Crippen LogP contribution is 2.28. The molecule has 0 aromatic heterocycles. The lowest BCUT2D eigenvalue weighted by molar-refractivity contribution is -0.123. The van der Waals surface area contributed by atoms with Gasteiger partial charge in [0.1, 0.15) is 11.9 Å². The van der Waals surface area contributed by atoms with Gasteiger partial charge >= 0.3 is 0 Å². The minimum absolute atomic E-state index is 0.368. The van der Waals surface area contributed by atoms with Crippen molar-refractivity contribution in [2.24, 2.45) is 5.73 Å². The molecule has 6 heteroatoms. The third kappa shape index (κ3) is 3.77. The summed E-state index contributed by atoms with van der Waals surface area (Å²) in [5.41, 5.74) is 6.90. The molecule has 1 unspecified atom stereocenters. The Balaban J connectivity index is 2.27. The van der Waals surface area contributed by atoms with Crippen LogP contribution in [0.3, 0.4) is 0 Å². The molecule has 0 aliphatic carbocycles. The van der Waals surface area contributed by atoms with E-state index in [0.717, 1.165) is 5.56 Å². The highest BCUT2D eigenvalue weighted by Gasteiger charge is 2.23. The molecule has 0 fully saturated rings. The Kier molecular flexibility index (Phi) is 5.40. The topological polar surface area (TPSA) is 46.3 Å². The third-order valence-corrected chi connectivity index (χ3v) is 4.21. The second-order valence-electron chi connectivity index (χ2n) is 4.98. The predicted molar refractivity (Wildman–Crippen MR) is 86.3 cm³/mol. The molecule has 0 bridgehead atoms. The predicted octanol–water partition coefficient (Wildman–Crippen LogP) is 3.79. The molecular weight excluding hydrogens is 326 g/mol. The van der Waals surface area contributed by atoms with E-state index in [9.17, 15) is 9.18 Å². The first kappa shape index (κ1) is 16.7. The van der Waals surface area contributed by atoms with Crippen LogP contribution < -0.4 is 5.73 Å². The molecule has 0 aliphatic rings. The minimum atomic E-state index is -0.685. The summed E-state index contributed by atoms with van der Waals surface area (Å²) in [5.74, 6) is -0.889. The molecule has 0 spiro atoms. The van der Waals surface area contributed by atoms with Crippen molar-refractivity contribution in [2.75, 3.05) is 7.05 Å². The van der Waals surface area contributed by atoms with Gasteiger partial charge < -0.3 is 5.73 Å². The zero-order chi connectivity index (χ0) is 16.3. The number of carbonyl (C=O) groups is 1. The SMILES string of the molecule is CN(Cc1cccc(Cl)c1Cl)C(C(N)=O)c1ccc(F)cc1. The molecule has 0 aliphatic heterocycles. The average molecular weight is 341 g/mol. The molecule has 0 saturated heterocycles. The summed E-state index contributed by atoms with van der Waals surface area (Å²) < 4.78 is 13.0. The molecule has 2 N–H and O–H groups in total. The molecule has 22 heavy (non-hydrogen) atoms. The summed E-state index contributed by atoms with van der Waals surface area (Å²) in [6, 6.07) is 10.3. The Morgan fingerprint density at radius 3 is 2.45 bits per heavy atom. The summed E-state index contributed by atoms with van der Waals surface area (Å²) in [4.78, 5) is 13.5. The van der Waals surface area contributed by atoms with Crippen molar-refractivity contribution in [3.05, 3.63) is 69.5 Å². The van der Waals surface area contributed by atoms with Gasteiger partial charge in [-0.2, -0.15) is 0 Å². The van der Waals surface area contributed by atoms with E-state index in [-0.39, 0.29) is 5.82 Å². The van der Waals surface area contributed by atoms with Crippen LogP contribution in [0.15, 0.2) is 42.5 Å². The van der Waals surface area contributed by atoms with Crippen LogP contribution in [-0.2, 0) is 11.3 Å². The number of hydrogen-bond donors (Lipinski definition) is 1. The van der Waals surface area contributed by atoms with E-state index >= 15 is 0 Å². The molecule has 2 aromatic rings. The third-order valence-electron chi connectivity index (χ3n) is 3.35. The van der Waals surface area contributed by atoms with E-state index in [1.54, 1.807) is 36.2 Å². The molecule has 0 saturated carbocycles. The monoisotopic (exact) mass is 340 g/mol. The Hall–Kier alpha value is -1.62. The van der Waals surface area contributed by atoms with Gasteiger partial charge in [0.25, 0.3) is 0 Å². The summed E-state index contributed by atoms with van der Waals surface area (Å²) in [6.07, 6.45) is 0. The average Bonchev–Trinajstić information content (AvgIpc) is 2.46. The second kappa shape index (κ2) is 7.09. The molecule has 1 amide bonds. The van der Waals surface area contributed by atoms with Crippen LogP contribution in [0.2, 0.25) is 10.0 Å². The van der Waals surface area contributed by atoms with Crippen molar-refractivity contribution in [3.8, 4) is 0 Å². The van der Waals surface area contributed by atoms with Gasteiger partial charge in [-0.15, -0.1) is 0 Å². The number of carbonyl (C=O) groups excluding carboxylic acids is 1. The van der Waals surface area contributed by atoms with Gasteiger partial charge in [-0.3, -0.25) is 9.69 Å². The van der Waals surface area contributed by atoms with Gasteiger partial charge in [0, 0.05) is 6.54 Å². The minimum Gasteiger partial charge on any atom is -0.368 e. The van der Waals surface area contributed by atoms with Gasteiger partial charge in [-0.25, -0.2) is 4.39 Å². The lowest BCUT2D eigenvalue weighted by Gasteiger charge is -2.26. The second-order valence-corrected chi connectivity index (χ2v) is 5.77.